The van der Waals surface area contributed by atoms with E-state index < -0.39 is 0 Å². The molecule has 2 nitrogen and oxygen atoms in total. The Balaban J connectivity index is 3.33. The Hall–Kier alpha value is -1.10. The largest absolute Gasteiger partial charge is 0.234 e. The first kappa shape index (κ1) is 5.90. The van der Waals surface area contributed by atoms with E-state index in [-0.39, 0.29) is 0 Å². The molecular formula is C5H4O2. The molecule has 0 radical (unpaired) electrons. The van der Waals surface area contributed by atoms with Crippen LogP contribution in [0.15, 0.2) is 12.2 Å². The van der Waals surface area contributed by atoms with Gasteiger partial charge in [-0.2, -0.15) is 0 Å². The van der Waals surface area contributed by atoms with E-state index in [0.29, 0.717) is 6.42 Å². The second kappa shape index (κ2) is 4.90. The molecule has 0 fully saturated rings. The lowest BCUT2D eigenvalue weighted by molar-refractivity contribution is 0.568. The van der Waals surface area contributed by atoms with Crippen LogP contribution >= 0.6 is 0 Å². The Kier molecular flexibility index (Phi) is 4.13. The van der Waals surface area contributed by atoms with E-state index in [9.17, 15) is 9.59 Å². The third-order valence-electron chi connectivity index (χ3n) is 0.402. The van der Waals surface area contributed by atoms with Crippen molar-refractivity contribution in [1.29, 1.82) is 0 Å². The standard InChI is InChI=1S/C5H4O2/c6-4-2-1-3-5-7/h2-3H,1H2. The smallest absolute Gasteiger partial charge is 0.120 e. The van der Waals surface area contributed by atoms with Crippen LogP contribution in [0.2, 0.25) is 0 Å². The summed E-state index contributed by atoms with van der Waals surface area (Å²) < 4.78 is 0. The van der Waals surface area contributed by atoms with Crippen LogP contribution in [-0.4, -0.2) is 11.9 Å². The van der Waals surface area contributed by atoms with Gasteiger partial charge in [-0.1, -0.05) is 0 Å². The molecule has 0 amide bonds. The summed E-state index contributed by atoms with van der Waals surface area (Å²) in [5.74, 6) is 3.03. The average molecular weight is 96.1 g/mol. The van der Waals surface area contributed by atoms with Gasteiger partial charge in [0.25, 0.3) is 0 Å². The summed E-state index contributed by atoms with van der Waals surface area (Å²) in [4.78, 5) is 18.7. The molecule has 0 atom stereocenters. The molecule has 0 heterocycles. The second-order valence-corrected chi connectivity index (χ2v) is 0.880. The minimum absolute atomic E-state index is 0.340. The molecular weight excluding hydrogens is 92.1 g/mol. The van der Waals surface area contributed by atoms with Crippen LogP contribution in [0.4, 0.5) is 0 Å². The molecule has 0 aliphatic heterocycles. The minimum Gasteiger partial charge on any atom is -0.234 e. The van der Waals surface area contributed by atoms with Gasteiger partial charge >= 0.3 is 0 Å². The first-order valence-corrected chi connectivity index (χ1v) is 1.80. The maximum absolute atomic E-state index is 9.35. The van der Waals surface area contributed by atoms with Crippen LogP contribution in [0.3, 0.4) is 0 Å². The number of hydrogen-bond acceptors (Lipinski definition) is 2. The summed E-state index contributed by atoms with van der Waals surface area (Å²) in [6.45, 7) is 0. The van der Waals surface area contributed by atoms with Crippen LogP contribution < -0.4 is 0 Å². The lowest BCUT2D eigenvalue weighted by Gasteiger charge is -1.60. The molecule has 0 aromatic carbocycles. The molecule has 0 aliphatic carbocycles. The highest BCUT2D eigenvalue weighted by molar-refractivity contribution is 5.50. The van der Waals surface area contributed by atoms with Crippen molar-refractivity contribution in [1.82, 2.24) is 0 Å². The highest BCUT2D eigenvalue weighted by Gasteiger charge is 1.64. The van der Waals surface area contributed by atoms with Crippen molar-refractivity contribution in [3.8, 4) is 0 Å². The van der Waals surface area contributed by atoms with Gasteiger partial charge < -0.3 is 0 Å². The first-order chi connectivity index (χ1) is 3.41. The van der Waals surface area contributed by atoms with Crippen molar-refractivity contribution in [2.45, 2.75) is 6.42 Å². The normalized spacial score (nSPS) is 5.71. The molecule has 0 bridgehead atoms. The minimum atomic E-state index is 0.340. The Bertz CT molecular complexity index is 109. The lowest BCUT2D eigenvalue weighted by atomic mass is 10.4. The Morgan fingerprint density at radius 3 is 1.86 bits per heavy atom. The van der Waals surface area contributed by atoms with Crippen LogP contribution in [-0.2, 0) is 9.59 Å². The molecule has 36 valence electrons. The number of rotatable bonds is 2. The summed E-state index contributed by atoms with van der Waals surface area (Å²) >= 11 is 0. The van der Waals surface area contributed by atoms with E-state index in [0.717, 1.165) is 0 Å². The topological polar surface area (TPSA) is 34.1 Å². The van der Waals surface area contributed by atoms with Gasteiger partial charge in [0.1, 0.15) is 11.9 Å². The van der Waals surface area contributed by atoms with Gasteiger partial charge in [0.05, 0.1) is 0 Å². The van der Waals surface area contributed by atoms with E-state index in [1.165, 1.54) is 24.0 Å². The predicted molar refractivity (Wildman–Crippen MR) is 25.1 cm³/mol. The van der Waals surface area contributed by atoms with Crippen LogP contribution in [0.5, 0.6) is 0 Å². The van der Waals surface area contributed by atoms with Crippen LogP contribution in [0, 0.1) is 0 Å². The zero-order valence-corrected chi connectivity index (χ0v) is 3.68. The first-order valence-electron chi connectivity index (χ1n) is 1.80. The second-order valence-electron chi connectivity index (χ2n) is 0.880. The summed E-state index contributed by atoms with van der Waals surface area (Å²) in [6.07, 6.45) is 2.77. The van der Waals surface area contributed by atoms with Crippen molar-refractivity contribution in [2.75, 3.05) is 0 Å². The van der Waals surface area contributed by atoms with E-state index in [4.69, 9.17) is 0 Å². The maximum atomic E-state index is 9.35. The Morgan fingerprint density at radius 1 is 1.14 bits per heavy atom. The van der Waals surface area contributed by atoms with Gasteiger partial charge in [-0.05, 0) is 0 Å². The molecule has 0 saturated carbocycles. The van der Waals surface area contributed by atoms with Gasteiger partial charge in [-0.3, -0.25) is 0 Å². The molecule has 0 rings (SSSR count). The predicted octanol–water partition coefficient (Wildman–Crippen LogP) is 0.152. The fourth-order valence-electron chi connectivity index (χ4n) is 0.155. The third kappa shape index (κ3) is 4.90. The quantitative estimate of drug-likeness (QED) is 0.458. The Labute approximate surface area is 41.1 Å². The lowest BCUT2D eigenvalue weighted by Crippen LogP contribution is -1.56. The molecule has 2 heteroatoms. The zero-order chi connectivity index (χ0) is 5.54. The summed E-state index contributed by atoms with van der Waals surface area (Å²) in [5.41, 5.74) is 0. The molecule has 0 aliphatic rings. The SMILES string of the molecule is O=C=CCC=C=O. The fraction of sp³-hybridized carbons (Fsp3) is 0.200. The monoisotopic (exact) mass is 96.0 g/mol. The average Bonchev–Trinajstić information content (AvgIpc) is 1.69. The van der Waals surface area contributed by atoms with Gasteiger partial charge in [0, 0.05) is 18.6 Å². The van der Waals surface area contributed by atoms with Crippen LogP contribution in [0.25, 0.3) is 0 Å². The summed E-state index contributed by atoms with van der Waals surface area (Å²) in [7, 11) is 0. The Morgan fingerprint density at radius 2 is 1.57 bits per heavy atom. The van der Waals surface area contributed by atoms with Gasteiger partial charge in [0.2, 0.25) is 0 Å². The zero-order valence-electron chi connectivity index (χ0n) is 3.68. The summed E-state index contributed by atoms with van der Waals surface area (Å²) in [5, 5.41) is 0. The number of carbonyl (C=O) groups excluding carboxylic acids is 2. The van der Waals surface area contributed by atoms with Crippen molar-refractivity contribution in [3.05, 3.63) is 12.2 Å². The van der Waals surface area contributed by atoms with Crippen molar-refractivity contribution < 1.29 is 9.59 Å². The van der Waals surface area contributed by atoms with Crippen molar-refractivity contribution in [3.63, 3.8) is 0 Å². The molecule has 0 N–H and O–H groups in total. The summed E-state index contributed by atoms with van der Waals surface area (Å²) in [6, 6.07) is 0. The number of allylic oxidation sites excluding steroid dienone is 2. The van der Waals surface area contributed by atoms with Crippen LogP contribution in [0.1, 0.15) is 6.42 Å². The highest BCUT2D eigenvalue weighted by atomic mass is 16.1. The van der Waals surface area contributed by atoms with E-state index in [1.54, 1.807) is 0 Å². The molecule has 0 aromatic heterocycles. The molecule has 0 unspecified atom stereocenters. The van der Waals surface area contributed by atoms with Gasteiger partial charge in [-0.15, -0.1) is 0 Å². The van der Waals surface area contributed by atoms with E-state index in [2.05, 4.69) is 0 Å². The molecule has 0 aromatic rings. The highest BCUT2D eigenvalue weighted by Crippen LogP contribution is 1.72. The number of hydrogen-bond donors (Lipinski definition) is 0. The molecule has 7 heavy (non-hydrogen) atoms. The van der Waals surface area contributed by atoms with Crippen molar-refractivity contribution >= 4 is 11.9 Å². The maximum Gasteiger partial charge on any atom is 0.120 e. The molecule has 0 spiro atoms. The third-order valence-corrected chi connectivity index (χ3v) is 0.402. The van der Waals surface area contributed by atoms with E-state index in [1.807, 2.05) is 0 Å². The van der Waals surface area contributed by atoms with Crippen molar-refractivity contribution in [2.24, 2.45) is 0 Å². The van der Waals surface area contributed by atoms with Gasteiger partial charge in [0.15, 0.2) is 0 Å². The van der Waals surface area contributed by atoms with Gasteiger partial charge in [-0.25, -0.2) is 9.59 Å². The van der Waals surface area contributed by atoms with E-state index >= 15 is 0 Å². The molecule has 0 saturated heterocycles. The fourth-order valence-corrected chi connectivity index (χ4v) is 0.155.